The standard InChI is InChI=1S/C24H33ClN4O2/c1-5-6-13-29(24(31)18-10-9-11-19(25)15-18)22-21(23(30)26-17(4)16(2)3)28-14-8-7-12-20(28)27-22/h9-11,15-17H,5-8,12-14H2,1-4H3,(H,26,30). The lowest BCUT2D eigenvalue weighted by atomic mass is 10.1. The van der Waals surface area contributed by atoms with E-state index in [2.05, 4.69) is 26.1 Å². The molecule has 6 nitrogen and oxygen atoms in total. The number of aromatic nitrogens is 2. The van der Waals surface area contributed by atoms with Crippen molar-refractivity contribution >= 4 is 29.2 Å². The van der Waals surface area contributed by atoms with Crippen molar-refractivity contribution in [2.24, 2.45) is 5.92 Å². The Morgan fingerprint density at radius 1 is 1.26 bits per heavy atom. The second kappa shape index (κ2) is 10.3. The monoisotopic (exact) mass is 444 g/mol. The minimum absolute atomic E-state index is 0.0165. The van der Waals surface area contributed by atoms with Gasteiger partial charge in [-0.25, -0.2) is 4.98 Å². The molecule has 1 N–H and O–H groups in total. The molecule has 0 saturated heterocycles. The predicted molar refractivity (Wildman–Crippen MR) is 125 cm³/mol. The van der Waals surface area contributed by atoms with Crippen LogP contribution in [0.1, 0.15) is 80.0 Å². The van der Waals surface area contributed by atoms with Gasteiger partial charge in [-0.05, 0) is 50.3 Å². The Morgan fingerprint density at radius 3 is 2.71 bits per heavy atom. The summed E-state index contributed by atoms with van der Waals surface area (Å²) in [4.78, 5) is 33.4. The molecule has 31 heavy (non-hydrogen) atoms. The third kappa shape index (κ3) is 5.29. The number of carbonyl (C=O) groups is 2. The minimum atomic E-state index is -0.183. The Bertz CT molecular complexity index is 938. The highest BCUT2D eigenvalue weighted by atomic mass is 35.5. The van der Waals surface area contributed by atoms with E-state index >= 15 is 0 Å². The number of nitrogens with zero attached hydrogens (tertiary/aromatic N) is 3. The molecule has 2 amide bonds. The Labute approximate surface area is 190 Å². The lowest BCUT2D eigenvalue weighted by Crippen LogP contribution is -2.39. The van der Waals surface area contributed by atoms with Crippen LogP contribution < -0.4 is 10.2 Å². The SMILES string of the molecule is CCCCN(C(=O)c1cccc(Cl)c1)c1nc2n(c1C(=O)NC(C)C(C)C)CCCC2. The number of halogens is 1. The molecular weight excluding hydrogens is 412 g/mol. The second-order valence-electron chi connectivity index (χ2n) is 8.64. The minimum Gasteiger partial charge on any atom is -0.348 e. The third-order valence-corrected chi connectivity index (χ3v) is 6.18. The smallest absolute Gasteiger partial charge is 0.272 e. The lowest BCUT2D eigenvalue weighted by molar-refractivity contribution is 0.0920. The molecule has 1 aliphatic heterocycles. The van der Waals surface area contributed by atoms with E-state index in [0.717, 1.165) is 44.5 Å². The van der Waals surface area contributed by atoms with E-state index in [9.17, 15) is 9.59 Å². The zero-order valence-electron chi connectivity index (χ0n) is 18.9. The molecule has 7 heteroatoms. The van der Waals surface area contributed by atoms with Crippen LogP contribution in [0, 0.1) is 5.92 Å². The van der Waals surface area contributed by atoms with Gasteiger partial charge in [0.05, 0.1) is 0 Å². The largest absolute Gasteiger partial charge is 0.348 e. The average molecular weight is 445 g/mol. The summed E-state index contributed by atoms with van der Waals surface area (Å²) in [6, 6.07) is 6.95. The van der Waals surface area contributed by atoms with Crippen molar-refractivity contribution in [3.63, 3.8) is 0 Å². The number of aryl methyl sites for hydroxylation is 1. The van der Waals surface area contributed by atoms with Gasteiger partial charge < -0.3 is 9.88 Å². The molecule has 0 spiro atoms. The predicted octanol–water partition coefficient (Wildman–Crippen LogP) is 5.09. The quantitative estimate of drug-likeness (QED) is 0.616. The summed E-state index contributed by atoms with van der Waals surface area (Å²) in [6.07, 6.45) is 4.60. The van der Waals surface area contributed by atoms with E-state index in [0.29, 0.717) is 34.6 Å². The van der Waals surface area contributed by atoms with Crippen LogP contribution >= 0.6 is 11.6 Å². The van der Waals surface area contributed by atoms with Crippen LogP contribution in [0.2, 0.25) is 5.02 Å². The van der Waals surface area contributed by atoms with Gasteiger partial charge in [-0.15, -0.1) is 0 Å². The summed E-state index contributed by atoms with van der Waals surface area (Å²) < 4.78 is 2.01. The molecule has 1 aliphatic rings. The maximum Gasteiger partial charge on any atom is 0.272 e. The van der Waals surface area contributed by atoms with E-state index in [4.69, 9.17) is 16.6 Å². The number of nitrogens with one attached hydrogen (secondary N) is 1. The fraction of sp³-hybridized carbons (Fsp3) is 0.542. The van der Waals surface area contributed by atoms with E-state index in [1.807, 2.05) is 11.5 Å². The van der Waals surface area contributed by atoms with Crippen LogP contribution in [-0.4, -0.2) is 34.0 Å². The molecule has 0 radical (unpaired) electrons. The molecule has 1 aromatic carbocycles. The Hall–Kier alpha value is -2.34. The summed E-state index contributed by atoms with van der Waals surface area (Å²) >= 11 is 6.14. The Morgan fingerprint density at radius 2 is 2.03 bits per heavy atom. The van der Waals surface area contributed by atoms with Crippen LogP contribution in [0.3, 0.4) is 0 Å². The summed E-state index contributed by atoms with van der Waals surface area (Å²) in [5.74, 6) is 1.29. The van der Waals surface area contributed by atoms with Gasteiger partial charge >= 0.3 is 0 Å². The first-order chi connectivity index (χ1) is 14.8. The van der Waals surface area contributed by atoms with Gasteiger partial charge in [0.2, 0.25) is 0 Å². The molecule has 1 atom stereocenters. The molecule has 2 aromatic rings. The maximum atomic E-state index is 13.5. The van der Waals surface area contributed by atoms with Crippen molar-refractivity contribution < 1.29 is 9.59 Å². The number of fused-ring (bicyclic) bond motifs is 1. The molecule has 2 heterocycles. The van der Waals surface area contributed by atoms with Gasteiger partial charge in [0.1, 0.15) is 5.82 Å². The molecule has 0 aliphatic carbocycles. The van der Waals surface area contributed by atoms with Crippen molar-refractivity contribution in [3.8, 4) is 0 Å². The van der Waals surface area contributed by atoms with Crippen molar-refractivity contribution in [2.75, 3.05) is 11.4 Å². The highest BCUT2D eigenvalue weighted by Gasteiger charge is 2.31. The number of benzene rings is 1. The summed E-state index contributed by atoms with van der Waals surface area (Å²) in [5.41, 5.74) is 0.991. The summed E-state index contributed by atoms with van der Waals surface area (Å²) in [5, 5.41) is 3.62. The number of hydrogen-bond donors (Lipinski definition) is 1. The number of imidazole rings is 1. The molecule has 168 valence electrons. The van der Waals surface area contributed by atoms with Gasteiger partial charge in [0.25, 0.3) is 11.8 Å². The molecule has 1 unspecified atom stereocenters. The Balaban J connectivity index is 2.06. The van der Waals surface area contributed by atoms with Crippen molar-refractivity contribution in [2.45, 2.75) is 72.4 Å². The van der Waals surface area contributed by atoms with E-state index in [-0.39, 0.29) is 17.9 Å². The van der Waals surface area contributed by atoms with Gasteiger partial charge in [0.15, 0.2) is 11.5 Å². The van der Waals surface area contributed by atoms with E-state index < -0.39 is 0 Å². The molecule has 1 aromatic heterocycles. The van der Waals surface area contributed by atoms with Crippen molar-refractivity contribution in [1.82, 2.24) is 14.9 Å². The average Bonchev–Trinajstić information content (AvgIpc) is 3.13. The normalized spacial score (nSPS) is 14.3. The number of unbranched alkanes of at least 4 members (excludes halogenated alkanes) is 1. The van der Waals surface area contributed by atoms with Crippen LogP contribution in [0.5, 0.6) is 0 Å². The zero-order chi connectivity index (χ0) is 22.5. The number of carbonyl (C=O) groups excluding carboxylic acids is 2. The van der Waals surface area contributed by atoms with Crippen LogP contribution in [0.4, 0.5) is 5.82 Å². The molecule has 0 bridgehead atoms. The van der Waals surface area contributed by atoms with Gasteiger partial charge in [-0.2, -0.15) is 0 Å². The van der Waals surface area contributed by atoms with Crippen LogP contribution in [0.25, 0.3) is 0 Å². The maximum absolute atomic E-state index is 13.5. The van der Waals surface area contributed by atoms with Crippen molar-refractivity contribution in [1.29, 1.82) is 0 Å². The number of amides is 2. The highest BCUT2D eigenvalue weighted by Crippen LogP contribution is 2.28. The molecule has 0 fully saturated rings. The molecular formula is C24H33ClN4O2. The molecule has 0 saturated carbocycles. The van der Waals surface area contributed by atoms with Gasteiger partial charge in [-0.1, -0.05) is 44.9 Å². The van der Waals surface area contributed by atoms with Crippen LogP contribution in [-0.2, 0) is 13.0 Å². The number of hydrogen-bond acceptors (Lipinski definition) is 3. The third-order valence-electron chi connectivity index (χ3n) is 5.94. The van der Waals surface area contributed by atoms with E-state index in [1.165, 1.54) is 0 Å². The molecule has 3 rings (SSSR count). The Kier molecular flexibility index (Phi) is 7.76. The fourth-order valence-electron chi connectivity index (χ4n) is 3.72. The van der Waals surface area contributed by atoms with Gasteiger partial charge in [-0.3, -0.25) is 14.5 Å². The summed E-state index contributed by atoms with van der Waals surface area (Å²) in [6.45, 7) is 9.48. The van der Waals surface area contributed by atoms with Crippen LogP contribution in [0.15, 0.2) is 24.3 Å². The fourth-order valence-corrected chi connectivity index (χ4v) is 3.91. The first-order valence-electron chi connectivity index (χ1n) is 11.3. The second-order valence-corrected chi connectivity index (χ2v) is 9.07. The number of rotatable bonds is 8. The van der Waals surface area contributed by atoms with E-state index in [1.54, 1.807) is 29.2 Å². The first kappa shape index (κ1) is 23.3. The van der Waals surface area contributed by atoms with Crippen molar-refractivity contribution in [3.05, 3.63) is 46.4 Å². The first-order valence-corrected chi connectivity index (χ1v) is 11.7. The highest BCUT2D eigenvalue weighted by molar-refractivity contribution is 6.31. The topological polar surface area (TPSA) is 67.2 Å². The number of anilines is 1. The lowest BCUT2D eigenvalue weighted by Gasteiger charge is -2.24. The summed E-state index contributed by atoms with van der Waals surface area (Å²) in [7, 11) is 0. The van der Waals surface area contributed by atoms with Gasteiger partial charge in [0, 0.05) is 36.1 Å². The zero-order valence-corrected chi connectivity index (χ0v) is 19.7.